The van der Waals surface area contributed by atoms with Gasteiger partial charge in [-0.2, -0.15) is 0 Å². The highest BCUT2D eigenvalue weighted by Crippen LogP contribution is 2.26. The lowest BCUT2D eigenvalue weighted by molar-refractivity contribution is -0.135. The summed E-state index contributed by atoms with van der Waals surface area (Å²) in [6.07, 6.45) is 1.31. The molecule has 4 rings (SSSR count). The number of para-hydroxylation sites is 1. The Morgan fingerprint density at radius 3 is 2.92 bits per heavy atom. The van der Waals surface area contributed by atoms with Crippen LogP contribution in [0.4, 0.5) is 0 Å². The van der Waals surface area contributed by atoms with E-state index in [4.69, 9.17) is 20.8 Å². The van der Waals surface area contributed by atoms with E-state index >= 15 is 0 Å². The number of carbonyl (C=O) groups excluding carboxylic acids is 1. The lowest BCUT2D eigenvalue weighted by Crippen LogP contribution is -2.26. The van der Waals surface area contributed by atoms with Gasteiger partial charge in [-0.3, -0.25) is 9.36 Å². The number of ether oxygens (including phenoxy) is 1. The Bertz CT molecular complexity index is 1210. The van der Waals surface area contributed by atoms with Crippen LogP contribution in [-0.2, 0) is 11.3 Å². The highest BCUT2D eigenvalue weighted by atomic mass is 35.5. The van der Waals surface area contributed by atoms with Crippen LogP contribution >= 0.6 is 11.6 Å². The van der Waals surface area contributed by atoms with Crippen LogP contribution in [-0.4, -0.2) is 15.5 Å². The van der Waals surface area contributed by atoms with Gasteiger partial charge in [0.05, 0.1) is 11.3 Å². The van der Waals surface area contributed by atoms with Gasteiger partial charge in [0.1, 0.15) is 23.4 Å². The second kappa shape index (κ2) is 6.31. The number of halogens is 1. The minimum atomic E-state index is -0.628. The minimum Gasteiger partial charge on any atom is -0.448 e. The first-order valence-corrected chi connectivity index (χ1v) is 8.24. The summed E-state index contributed by atoms with van der Waals surface area (Å²) in [5.41, 5.74) is 1.60. The van der Waals surface area contributed by atoms with Gasteiger partial charge >= 0.3 is 5.97 Å². The molecule has 0 aliphatic rings. The first-order chi connectivity index (χ1) is 12.5. The molecule has 0 aliphatic heterocycles. The van der Waals surface area contributed by atoms with E-state index in [9.17, 15) is 9.59 Å². The molecule has 2 heterocycles. The van der Waals surface area contributed by atoms with E-state index in [1.54, 1.807) is 18.2 Å². The second-order valence-corrected chi connectivity index (χ2v) is 6.27. The summed E-state index contributed by atoms with van der Waals surface area (Å²) in [6, 6.07) is 12.3. The van der Waals surface area contributed by atoms with E-state index in [-0.39, 0.29) is 17.9 Å². The zero-order valence-electron chi connectivity index (χ0n) is 13.7. The SMILES string of the molecule is Cc1ccc(Cl)c(OC(=O)Cn2cnc3c(oc4ccccc43)c2=O)c1. The predicted octanol–water partition coefficient (Wildman–Crippen LogP) is 3.71. The Morgan fingerprint density at radius 2 is 2.08 bits per heavy atom. The number of aryl methyl sites for hydroxylation is 1. The fourth-order valence-corrected chi connectivity index (χ4v) is 2.87. The molecule has 0 amide bonds. The van der Waals surface area contributed by atoms with Gasteiger partial charge in [-0.1, -0.05) is 29.8 Å². The summed E-state index contributed by atoms with van der Waals surface area (Å²) in [5, 5.41) is 1.07. The molecule has 0 N–H and O–H groups in total. The van der Waals surface area contributed by atoms with Crippen LogP contribution in [0.2, 0.25) is 5.02 Å². The summed E-state index contributed by atoms with van der Waals surface area (Å²) in [5.74, 6) is -0.376. The smallest absolute Gasteiger partial charge is 0.331 e. The lowest BCUT2D eigenvalue weighted by Gasteiger charge is -2.08. The van der Waals surface area contributed by atoms with Crippen molar-refractivity contribution in [1.82, 2.24) is 9.55 Å². The van der Waals surface area contributed by atoms with Gasteiger partial charge in [-0.15, -0.1) is 0 Å². The monoisotopic (exact) mass is 368 g/mol. The van der Waals surface area contributed by atoms with Crippen molar-refractivity contribution < 1.29 is 13.9 Å². The molecule has 7 heteroatoms. The van der Waals surface area contributed by atoms with E-state index in [2.05, 4.69) is 4.98 Å². The predicted molar refractivity (Wildman–Crippen MR) is 97.6 cm³/mol. The van der Waals surface area contributed by atoms with Crippen molar-refractivity contribution in [3.05, 3.63) is 69.7 Å². The van der Waals surface area contributed by atoms with Crippen LogP contribution in [0, 0.1) is 6.92 Å². The highest BCUT2D eigenvalue weighted by Gasteiger charge is 2.16. The Morgan fingerprint density at radius 1 is 1.27 bits per heavy atom. The molecule has 0 atom stereocenters. The molecule has 0 bridgehead atoms. The first-order valence-electron chi connectivity index (χ1n) is 7.86. The van der Waals surface area contributed by atoms with Crippen molar-refractivity contribution in [3.8, 4) is 5.75 Å². The van der Waals surface area contributed by atoms with E-state index in [0.29, 0.717) is 16.1 Å². The standard InChI is InChI=1S/C19H13ClN2O4/c1-11-6-7-13(20)15(8-11)25-16(23)9-22-10-21-17-12-4-2-3-5-14(12)26-18(17)19(22)24/h2-8,10H,9H2,1H3. The van der Waals surface area contributed by atoms with Crippen molar-refractivity contribution in [2.45, 2.75) is 13.5 Å². The molecular weight excluding hydrogens is 356 g/mol. The maximum atomic E-state index is 12.6. The van der Waals surface area contributed by atoms with Crippen LogP contribution in [0.3, 0.4) is 0 Å². The Kier molecular flexibility index (Phi) is 3.97. The van der Waals surface area contributed by atoms with E-state index < -0.39 is 11.5 Å². The van der Waals surface area contributed by atoms with Crippen molar-refractivity contribution in [3.63, 3.8) is 0 Å². The number of nitrogens with zero attached hydrogens (tertiary/aromatic N) is 2. The molecule has 2 aromatic carbocycles. The molecule has 130 valence electrons. The molecular formula is C19H13ClN2O4. The van der Waals surface area contributed by atoms with Crippen LogP contribution in [0.1, 0.15) is 5.56 Å². The van der Waals surface area contributed by atoms with Gasteiger partial charge < -0.3 is 9.15 Å². The summed E-state index contributed by atoms with van der Waals surface area (Å²) >= 11 is 6.02. The number of carbonyl (C=O) groups is 1. The van der Waals surface area contributed by atoms with Crippen molar-refractivity contribution in [2.75, 3.05) is 0 Å². The summed E-state index contributed by atoms with van der Waals surface area (Å²) < 4.78 is 12.0. The van der Waals surface area contributed by atoms with Crippen molar-refractivity contribution in [1.29, 1.82) is 0 Å². The highest BCUT2D eigenvalue weighted by molar-refractivity contribution is 6.32. The van der Waals surface area contributed by atoms with Gasteiger partial charge in [0, 0.05) is 5.39 Å². The fourth-order valence-electron chi connectivity index (χ4n) is 2.71. The van der Waals surface area contributed by atoms with E-state index in [1.165, 1.54) is 6.33 Å². The largest absolute Gasteiger partial charge is 0.448 e. The first kappa shape index (κ1) is 16.4. The maximum Gasteiger partial charge on any atom is 0.331 e. The molecule has 0 saturated heterocycles. The third kappa shape index (κ3) is 2.84. The van der Waals surface area contributed by atoms with Gasteiger partial charge in [-0.05, 0) is 36.8 Å². The van der Waals surface area contributed by atoms with E-state index in [0.717, 1.165) is 15.5 Å². The zero-order chi connectivity index (χ0) is 18.3. The summed E-state index contributed by atoms with van der Waals surface area (Å²) in [7, 11) is 0. The normalized spacial score (nSPS) is 11.2. The molecule has 0 saturated carbocycles. The third-order valence-electron chi connectivity index (χ3n) is 3.96. The maximum absolute atomic E-state index is 12.6. The molecule has 6 nitrogen and oxygen atoms in total. The van der Waals surface area contributed by atoms with E-state index in [1.807, 2.05) is 31.2 Å². The number of rotatable bonds is 3. The third-order valence-corrected chi connectivity index (χ3v) is 4.27. The average molecular weight is 369 g/mol. The van der Waals surface area contributed by atoms with Crippen LogP contribution in [0.25, 0.3) is 22.1 Å². The molecule has 0 unspecified atom stereocenters. The second-order valence-electron chi connectivity index (χ2n) is 5.86. The number of hydrogen-bond acceptors (Lipinski definition) is 5. The molecule has 26 heavy (non-hydrogen) atoms. The summed E-state index contributed by atoms with van der Waals surface area (Å²) in [4.78, 5) is 29.1. The lowest BCUT2D eigenvalue weighted by atomic mass is 10.2. The number of furan rings is 1. The number of benzene rings is 2. The zero-order valence-corrected chi connectivity index (χ0v) is 14.5. The van der Waals surface area contributed by atoms with Crippen molar-refractivity contribution >= 4 is 39.6 Å². The minimum absolute atomic E-state index is 0.107. The number of hydrogen-bond donors (Lipinski definition) is 0. The Hall–Kier alpha value is -3.12. The van der Waals surface area contributed by atoms with Crippen LogP contribution < -0.4 is 10.3 Å². The Labute approximate surface area is 152 Å². The quantitative estimate of drug-likeness (QED) is 0.407. The van der Waals surface area contributed by atoms with Gasteiger partial charge in [0.15, 0.2) is 0 Å². The van der Waals surface area contributed by atoms with Gasteiger partial charge in [-0.25, -0.2) is 9.78 Å². The topological polar surface area (TPSA) is 74.3 Å². The molecule has 0 fully saturated rings. The summed E-state index contributed by atoms with van der Waals surface area (Å²) in [6.45, 7) is 1.56. The van der Waals surface area contributed by atoms with Gasteiger partial charge in [0.25, 0.3) is 5.56 Å². The Balaban J connectivity index is 1.65. The molecule has 2 aromatic heterocycles. The average Bonchev–Trinajstić information content (AvgIpc) is 3.00. The number of aromatic nitrogens is 2. The fraction of sp³-hybridized carbons (Fsp3) is 0.105. The van der Waals surface area contributed by atoms with Crippen LogP contribution in [0.15, 0.2) is 58.0 Å². The van der Waals surface area contributed by atoms with Crippen molar-refractivity contribution in [2.24, 2.45) is 0 Å². The number of esters is 1. The molecule has 0 spiro atoms. The number of fused-ring (bicyclic) bond motifs is 3. The van der Waals surface area contributed by atoms with Gasteiger partial charge in [0.2, 0.25) is 5.58 Å². The molecule has 0 aliphatic carbocycles. The molecule has 4 aromatic rings. The molecule has 0 radical (unpaired) electrons. The van der Waals surface area contributed by atoms with Crippen LogP contribution in [0.5, 0.6) is 5.75 Å².